The molecule has 0 amide bonds. The molecule has 6 nitrogen and oxygen atoms in total. The molecule has 0 unspecified atom stereocenters. The number of hydrogen-bond donors (Lipinski definition) is 1. The van der Waals surface area contributed by atoms with Crippen molar-refractivity contribution in [2.75, 3.05) is 21.3 Å². The maximum absolute atomic E-state index is 9.74. The third kappa shape index (κ3) is 2.99. The Kier molecular flexibility index (Phi) is 4.53. The summed E-state index contributed by atoms with van der Waals surface area (Å²) in [4.78, 5) is 4.56. The first-order valence-electron chi connectivity index (χ1n) is 8.64. The summed E-state index contributed by atoms with van der Waals surface area (Å²) in [6.45, 7) is 0. The molecule has 4 aromatic rings. The van der Waals surface area contributed by atoms with Crippen LogP contribution in [0.15, 0.2) is 59.0 Å². The maximum atomic E-state index is 9.74. The predicted molar refractivity (Wildman–Crippen MR) is 106 cm³/mol. The highest BCUT2D eigenvalue weighted by Crippen LogP contribution is 2.43. The van der Waals surface area contributed by atoms with Crippen LogP contribution in [-0.2, 0) is 0 Å². The number of nitrogens with zero attached hydrogens (tertiary/aromatic N) is 1. The zero-order valence-electron chi connectivity index (χ0n) is 15.7. The molecule has 6 heteroatoms. The van der Waals surface area contributed by atoms with Crippen molar-refractivity contribution >= 4 is 11.1 Å². The number of para-hydroxylation sites is 1. The van der Waals surface area contributed by atoms with E-state index in [9.17, 15) is 5.11 Å². The van der Waals surface area contributed by atoms with E-state index in [-0.39, 0.29) is 5.75 Å². The third-order valence-corrected chi connectivity index (χ3v) is 4.48. The van der Waals surface area contributed by atoms with Gasteiger partial charge < -0.3 is 23.7 Å². The summed E-state index contributed by atoms with van der Waals surface area (Å²) < 4.78 is 22.4. The second-order valence-electron chi connectivity index (χ2n) is 6.14. The highest BCUT2D eigenvalue weighted by atomic mass is 16.5. The molecule has 4 rings (SSSR count). The van der Waals surface area contributed by atoms with E-state index in [0.717, 1.165) is 11.1 Å². The van der Waals surface area contributed by atoms with Crippen molar-refractivity contribution in [2.45, 2.75) is 0 Å². The van der Waals surface area contributed by atoms with E-state index in [4.69, 9.17) is 18.6 Å². The average molecular weight is 377 g/mol. The van der Waals surface area contributed by atoms with Gasteiger partial charge >= 0.3 is 0 Å². The number of benzene rings is 3. The summed E-state index contributed by atoms with van der Waals surface area (Å²) >= 11 is 0. The Morgan fingerprint density at radius 2 is 1.54 bits per heavy atom. The molecule has 0 fully saturated rings. The van der Waals surface area contributed by atoms with E-state index < -0.39 is 0 Å². The van der Waals surface area contributed by atoms with Gasteiger partial charge in [-0.1, -0.05) is 18.2 Å². The van der Waals surface area contributed by atoms with Gasteiger partial charge in [0.2, 0.25) is 11.6 Å². The Bertz CT molecular complexity index is 1120. The predicted octanol–water partition coefficient (Wildman–Crippen LogP) is 4.89. The fourth-order valence-electron chi connectivity index (χ4n) is 3.18. The summed E-state index contributed by atoms with van der Waals surface area (Å²) in [7, 11) is 4.73. The fraction of sp³-hybridized carbons (Fsp3) is 0.136. The molecule has 28 heavy (non-hydrogen) atoms. The van der Waals surface area contributed by atoms with Crippen molar-refractivity contribution in [1.29, 1.82) is 0 Å². The van der Waals surface area contributed by atoms with Gasteiger partial charge in [-0.2, -0.15) is 0 Å². The van der Waals surface area contributed by atoms with Crippen LogP contribution < -0.4 is 14.2 Å². The van der Waals surface area contributed by atoms with Crippen molar-refractivity contribution < 1.29 is 23.7 Å². The van der Waals surface area contributed by atoms with Gasteiger partial charge in [0.05, 0.1) is 21.3 Å². The Morgan fingerprint density at radius 3 is 2.18 bits per heavy atom. The van der Waals surface area contributed by atoms with Crippen LogP contribution in [0, 0.1) is 0 Å². The number of phenols is 1. The van der Waals surface area contributed by atoms with E-state index in [1.165, 1.54) is 0 Å². The molecule has 1 aromatic heterocycles. The molecule has 0 atom stereocenters. The van der Waals surface area contributed by atoms with Gasteiger partial charge in [-0.05, 0) is 42.0 Å². The van der Waals surface area contributed by atoms with Gasteiger partial charge in [-0.15, -0.1) is 0 Å². The molecule has 0 aliphatic carbocycles. The SMILES string of the molecule is COc1cc(-c2cccc3nc(-c4cccc(O)c4)oc23)cc(OC)c1OC. The van der Waals surface area contributed by atoms with E-state index in [1.807, 2.05) is 36.4 Å². The third-order valence-electron chi connectivity index (χ3n) is 4.48. The molecule has 1 heterocycles. The second-order valence-corrected chi connectivity index (χ2v) is 6.14. The minimum absolute atomic E-state index is 0.157. The Balaban J connectivity index is 1.90. The lowest BCUT2D eigenvalue weighted by atomic mass is 10.0. The Labute approximate surface area is 161 Å². The first-order valence-corrected chi connectivity index (χ1v) is 8.64. The fourth-order valence-corrected chi connectivity index (χ4v) is 3.18. The standard InChI is InChI=1S/C22H19NO5/c1-25-18-11-14(12-19(26-2)21(18)27-3)16-8-5-9-17-20(16)28-22(23-17)13-6-4-7-15(24)10-13/h4-12,24H,1-3H3. The number of ether oxygens (including phenoxy) is 3. The zero-order valence-corrected chi connectivity index (χ0v) is 15.7. The molecule has 0 radical (unpaired) electrons. The number of phenolic OH excluding ortho intramolecular Hbond substituents is 1. The van der Waals surface area contributed by atoms with Gasteiger partial charge in [0, 0.05) is 11.1 Å². The van der Waals surface area contributed by atoms with Crippen molar-refractivity contribution in [3.63, 3.8) is 0 Å². The Hall–Kier alpha value is -3.67. The summed E-state index contributed by atoms with van der Waals surface area (Å²) in [5, 5.41) is 9.74. The normalized spacial score (nSPS) is 10.8. The highest BCUT2D eigenvalue weighted by Gasteiger charge is 2.18. The van der Waals surface area contributed by atoms with Crippen LogP contribution in [0.5, 0.6) is 23.0 Å². The van der Waals surface area contributed by atoms with E-state index in [1.54, 1.807) is 39.5 Å². The van der Waals surface area contributed by atoms with Crippen LogP contribution in [0.1, 0.15) is 0 Å². The number of aromatic hydroxyl groups is 1. The Morgan fingerprint density at radius 1 is 0.821 bits per heavy atom. The van der Waals surface area contributed by atoms with E-state index in [0.29, 0.717) is 39.8 Å². The van der Waals surface area contributed by atoms with Gasteiger partial charge in [0.15, 0.2) is 17.1 Å². The van der Waals surface area contributed by atoms with Crippen LogP contribution in [-0.4, -0.2) is 31.4 Å². The molecule has 0 bridgehead atoms. The number of oxazole rings is 1. The minimum Gasteiger partial charge on any atom is -0.508 e. The van der Waals surface area contributed by atoms with Crippen LogP contribution >= 0.6 is 0 Å². The molecule has 0 aliphatic heterocycles. The number of aromatic nitrogens is 1. The van der Waals surface area contributed by atoms with Crippen LogP contribution in [0.3, 0.4) is 0 Å². The summed E-state index contributed by atoms with van der Waals surface area (Å²) in [5.74, 6) is 2.23. The highest BCUT2D eigenvalue weighted by molar-refractivity contribution is 5.92. The van der Waals surface area contributed by atoms with Gasteiger partial charge in [0.1, 0.15) is 11.3 Å². The summed E-state index contributed by atoms with van der Waals surface area (Å²) in [5.41, 5.74) is 3.74. The lowest BCUT2D eigenvalue weighted by Gasteiger charge is -2.14. The first-order chi connectivity index (χ1) is 13.6. The van der Waals surface area contributed by atoms with E-state index in [2.05, 4.69) is 4.98 Å². The smallest absolute Gasteiger partial charge is 0.227 e. The lowest BCUT2D eigenvalue weighted by molar-refractivity contribution is 0.324. The van der Waals surface area contributed by atoms with Gasteiger partial charge in [-0.3, -0.25) is 0 Å². The number of rotatable bonds is 5. The molecule has 0 saturated carbocycles. The maximum Gasteiger partial charge on any atom is 0.227 e. The van der Waals surface area contributed by atoms with Crippen LogP contribution in [0.2, 0.25) is 0 Å². The number of methoxy groups -OCH3 is 3. The van der Waals surface area contributed by atoms with E-state index >= 15 is 0 Å². The quantitative estimate of drug-likeness (QED) is 0.534. The lowest BCUT2D eigenvalue weighted by Crippen LogP contribution is -1.95. The number of fused-ring (bicyclic) bond motifs is 1. The topological polar surface area (TPSA) is 74.0 Å². The monoisotopic (exact) mass is 377 g/mol. The van der Waals surface area contributed by atoms with Crippen LogP contribution in [0.25, 0.3) is 33.7 Å². The van der Waals surface area contributed by atoms with Gasteiger partial charge in [-0.25, -0.2) is 4.98 Å². The second kappa shape index (κ2) is 7.15. The van der Waals surface area contributed by atoms with Crippen molar-refractivity contribution in [3.8, 4) is 45.6 Å². The molecule has 1 N–H and O–H groups in total. The molecule has 0 spiro atoms. The summed E-state index contributed by atoms with van der Waals surface area (Å²) in [6, 6.07) is 16.3. The van der Waals surface area contributed by atoms with Gasteiger partial charge in [0.25, 0.3) is 0 Å². The average Bonchev–Trinajstić information content (AvgIpc) is 3.17. The molecule has 3 aromatic carbocycles. The van der Waals surface area contributed by atoms with Crippen molar-refractivity contribution in [3.05, 3.63) is 54.6 Å². The van der Waals surface area contributed by atoms with Crippen LogP contribution in [0.4, 0.5) is 0 Å². The van der Waals surface area contributed by atoms with Crippen molar-refractivity contribution in [1.82, 2.24) is 4.98 Å². The molecular weight excluding hydrogens is 358 g/mol. The van der Waals surface area contributed by atoms with Crippen molar-refractivity contribution in [2.24, 2.45) is 0 Å². The number of hydrogen-bond acceptors (Lipinski definition) is 6. The minimum atomic E-state index is 0.157. The molecule has 142 valence electrons. The first kappa shape index (κ1) is 17.7. The zero-order chi connectivity index (χ0) is 19.7. The molecule has 0 aliphatic rings. The largest absolute Gasteiger partial charge is 0.508 e. The molecular formula is C22H19NO5. The summed E-state index contributed by atoms with van der Waals surface area (Å²) in [6.07, 6.45) is 0. The molecule has 0 saturated heterocycles.